The highest BCUT2D eigenvalue weighted by Crippen LogP contribution is 2.27. The first kappa shape index (κ1) is 14.7. The molecule has 5 N–H and O–H groups in total. The molecule has 1 aliphatic rings. The summed E-state index contributed by atoms with van der Waals surface area (Å²) in [6.07, 6.45) is 3.85. The Bertz CT molecular complexity index is 329. The van der Waals surface area contributed by atoms with E-state index in [4.69, 9.17) is 23.1 Å². The molecule has 17 heavy (non-hydrogen) atoms. The van der Waals surface area contributed by atoms with Crippen molar-refractivity contribution in [1.29, 1.82) is 0 Å². The highest BCUT2D eigenvalue weighted by Gasteiger charge is 2.33. The number of aliphatic imine (C=N–C) groups is 1. The molecule has 0 bridgehead atoms. The van der Waals surface area contributed by atoms with Gasteiger partial charge in [0.1, 0.15) is 5.16 Å². The quantitative estimate of drug-likeness (QED) is 0.674. The number of hydrogen-bond donors (Lipinski definition) is 3. The summed E-state index contributed by atoms with van der Waals surface area (Å²) in [5.74, 6) is 0.986. The van der Waals surface area contributed by atoms with Crippen molar-refractivity contribution in [3.05, 3.63) is 10.9 Å². The van der Waals surface area contributed by atoms with Gasteiger partial charge in [-0.05, 0) is 19.3 Å². The smallest absolute Gasteiger partial charge is 0.164 e. The highest BCUT2D eigenvalue weighted by atomic mass is 35.5. The van der Waals surface area contributed by atoms with Gasteiger partial charge in [0.05, 0.1) is 5.70 Å². The molecular weight excluding hydrogens is 256 g/mol. The van der Waals surface area contributed by atoms with E-state index in [1.165, 1.54) is 0 Å². The molecule has 0 radical (unpaired) electrons. The molecule has 1 unspecified atom stereocenters. The largest absolute Gasteiger partial charge is 0.397 e. The lowest BCUT2D eigenvalue weighted by atomic mass is 10.0. The van der Waals surface area contributed by atoms with E-state index in [0.717, 1.165) is 36.6 Å². The molecule has 1 heterocycles. The summed E-state index contributed by atoms with van der Waals surface area (Å²) in [6, 6.07) is 0. The van der Waals surface area contributed by atoms with Crippen molar-refractivity contribution in [2.45, 2.75) is 45.2 Å². The minimum atomic E-state index is -0.839. The van der Waals surface area contributed by atoms with Crippen LogP contribution in [0.25, 0.3) is 0 Å². The fourth-order valence-electron chi connectivity index (χ4n) is 1.52. The van der Waals surface area contributed by atoms with Gasteiger partial charge in [0.15, 0.2) is 10.8 Å². The standard InChI is InChI=1S/C11H21ClN4S/c1-3-5-6-11(14)8(13)9(12)15-10(16-11)17-7-4-2/h3-7,13-14H2,1-2H3,(H,15,16). The Hall–Kier alpha value is -0.390. The number of nitrogens with one attached hydrogen (secondary N) is 1. The second-order valence-corrected chi connectivity index (χ2v) is 5.61. The van der Waals surface area contributed by atoms with Crippen LogP contribution in [-0.4, -0.2) is 16.6 Å². The lowest BCUT2D eigenvalue weighted by molar-refractivity contribution is 0.448. The summed E-state index contributed by atoms with van der Waals surface area (Å²) in [5, 5.41) is 4.17. The summed E-state index contributed by atoms with van der Waals surface area (Å²) in [5.41, 5.74) is 11.8. The number of rotatable bonds is 5. The lowest BCUT2D eigenvalue weighted by Crippen LogP contribution is -2.49. The molecule has 0 fully saturated rings. The molecule has 0 aromatic rings. The number of unbranched alkanes of at least 4 members (excludes halogenated alkanes) is 1. The Morgan fingerprint density at radius 3 is 2.71 bits per heavy atom. The van der Waals surface area contributed by atoms with Crippen molar-refractivity contribution in [3.63, 3.8) is 0 Å². The summed E-state index contributed by atoms with van der Waals surface area (Å²) in [6.45, 7) is 4.23. The van der Waals surface area contributed by atoms with Crippen molar-refractivity contribution < 1.29 is 0 Å². The number of nitrogens with two attached hydrogens (primary N) is 2. The zero-order chi connectivity index (χ0) is 12.9. The topological polar surface area (TPSA) is 76.4 Å². The van der Waals surface area contributed by atoms with Gasteiger partial charge < -0.3 is 16.8 Å². The zero-order valence-corrected chi connectivity index (χ0v) is 12.0. The average molecular weight is 277 g/mol. The molecule has 1 aliphatic heterocycles. The van der Waals surface area contributed by atoms with Gasteiger partial charge in [-0.15, -0.1) is 0 Å². The molecule has 0 amide bonds. The Morgan fingerprint density at radius 2 is 2.12 bits per heavy atom. The molecule has 0 aliphatic carbocycles. The van der Waals surface area contributed by atoms with Crippen molar-refractivity contribution >= 4 is 28.5 Å². The average Bonchev–Trinajstić information content (AvgIpc) is 2.31. The molecule has 0 aromatic carbocycles. The summed E-state index contributed by atoms with van der Waals surface area (Å²) < 4.78 is 0. The summed E-state index contributed by atoms with van der Waals surface area (Å²) >= 11 is 7.70. The number of nitrogens with zero attached hydrogens (tertiary/aromatic N) is 1. The normalized spacial score (nSPS) is 24.6. The van der Waals surface area contributed by atoms with Crippen molar-refractivity contribution in [1.82, 2.24) is 5.32 Å². The molecule has 0 saturated carbocycles. The van der Waals surface area contributed by atoms with Gasteiger partial charge in [-0.3, -0.25) is 0 Å². The van der Waals surface area contributed by atoms with E-state index in [9.17, 15) is 0 Å². The van der Waals surface area contributed by atoms with Crippen LogP contribution in [0.15, 0.2) is 15.8 Å². The maximum Gasteiger partial charge on any atom is 0.164 e. The van der Waals surface area contributed by atoms with Crippen LogP contribution in [0.3, 0.4) is 0 Å². The van der Waals surface area contributed by atoms with Crippen LogP contribution in [0.5, 0.6) is 0 Å². The number of hydrogen-bond acceptors (Lipinski definition) is 5. The molecule has 6 heteroatoms. The van der Waals surface area contributed by atoms with E-state index in [-0.39, 0.29) is 0 Å². The molecule has 0 saturated heterocycles. The van der Waals surface area contributed by atoms with Gasteiger partial charge in [-0.25, -0.2) is 4.99 Å². The number of thioether (sulfide) groups is 1. The van der Waals surface area contributed by atoms with Gasteiger partial charge in [-0.1, -0.05) is 43.6 Å². The maximum absolute atomic E-state index is 6.23. The van der Waals surface area contributed by atoms with Crippen LogP contribution < -0.4 is 16.8 Å². The minimum absolute atomic E-state index is 0.414. The second-order valence-electron chi connectivity index (χ2n) is 4.15. The molecule has 98 valence electrons. The lowest BCUT2D eigenvalue weighted by Gasteiger charge is -2.31. The first-order valence-corrected chi connectivity index (χ1v) is 7.34. The van der Waals surface area contributed by atoms with E-state index < -0.39 is 5.66 Å². The number of halogens is 1. The molecule has 1 rings (SSSR count). The molecule has 0 aromatic heterocycles. The maximum atomic E-state index is 6.23. The van der Waals surface area contributed by atoms with Gasteiger partial charge in [0.25, 0.3) is 0 Å². The van der Waals surface area contributed by atoms with Crippen LogP contribution in [0.2, 0.25) is 0 Å². The van der Waals surface area contributed by atoms with E-state index in [1.54, 1.807) is 11.8 Å². The molecular formula is C11H21ClN4S. The third-order valence-electron chi connectivity index (χ3n) is 2.57. The van der Waals surface area contributed by atoms with Gasteiger partial charge >= 0.3 is 0 Å². The van der Waals surface area contributed by atoms with Crippen LogP contribution in [0.1, 0.15) is 39.5 Å². The van der Waals surface area contributed by atoms with Crippen molar-refractivity contribution in [2.24, 2.45) is 16.5 Å². The van der Waals surface area contributed by atoms with Crippen molar-refractivity contribution in [3.8, 4) is 0 Å². The number of amidine groups is 1. The Kier molecular flexibility index (Phi) is 5.62. The van der Waals surface area contributed by atoms with E-state index >= 15 is 0 Å². The van der Waals surface area contributed by atoms with Crippen LogP contribution in [0, 0.1) is 0 Å². The van der Waals surface area contributed by atoms with Crippen molar-refractivity contribution in [2.75, 3.05) is 5.75 Å². The Morgan fingerprint density at radius 1 is 1.41 bits per heavy atom. The fourth-order valence-corrected chi connectivity index (χ4v) is 2.63. The predicted molar refractivity (Wildman–Crippen MR) is 76.8 cm³/mol. The first-order valence-electron chi connectivity index (χ1n) is 5.97. The minimum Gasteiger partial charge on any atom is -0.397 e. The predicted octanol–water partition coefficient (Wildman–Crippen LogP) is 2.30. The van der Waals surface area contributed by atoms with Crippen LogP contribution in [0.4, 0.5) is 0 Å². The van der Waals surface area contributed by atoms with Gasteiger partial charge in [0.2, 0.25) is 0 Å². The molecule has 0 spiro atoms. The van der Waals surface area contributed by atoms with Gasteiger partial charge in [0, 0.05) is 5.75 Å². The molecule has 4 nitrogen and oxygen atoms in total. The summed E-state index contributed by atoms with van der Waals surface area (Å²) in [7, 11) is 0. The van der Waals surface area contributed by atoms with E-state index in [0.29, 0.717) is 10.9 Å². The third kappa shape index (κ3) is 3.79. The van der Waals surface area contributed by atoms with Crippen LogP contribution in [-0.2, 0) is 0 Å². The Balaban J connectivity index is 2.81. The third-order valence-corrected chi connectivity index (χ3v) is 3.95. The summed E-state index contributed by atoms with van der Waals surface area (Å²) in [4.78, 5) is 4.50. The molecule has 1 atom stereocenters. The van der Waals surface area contributed by atoms with Crippen LogP contribution >= 0.6 is 23.4 Å². The fraction of sp³-hybridized carbons (Fsp3) is 0.727. The highest BCUT2D eigenvalue weighted by molar-refractivity contribution is 8.13. The van der Waals surface area contributed by atoms with E-state index in [1.807, 2.05) is 0 Å². The SMILES string of the molecule is CCCCC1(N)N=C(SCCC)NC(Cl)=C1N. The first-order chi connectivity index (χ1) is 8.03. The second kappa shape index (κ2) is 6.52. The van der Waals surface area contributed by atoms with E-state index in [2.05, 4.69) is 24.2 Å². The Labute approximate surface area is 112 Å². The zero-order valence-electron chi connectivity index (χ0n) is 10.4. The van der Waals surface area contributed by atoms with Gasteiger partial charge in [-0.2, -0.15) is 0 Å². The monoisotopic (exact) mass is 276 g/mol.